The third-order valence-electron chi connectivity index (χ3n) is 7.67. The number of carbonyl (C=O) groups is 1. The summed E-state index contributed by atoms with van der Waals surface area (Å²) >= 11 is 0. The highest BCUT2D eigenvalue weighted by atomic mass is 32.2. The molecule has 0 aliphatic carbocycles. The predicted molar refractivity (Wildman–Crippen MR) is 186 cm³/mol. The number of benzene rings is 3. The summed E-state index contributed by atoms with van der Waals surface area (Å²) in [5.74, 6) is -1.88. The Kier molecular flexibility index (Phi) is 8.53. The van der Waals surface area contributed by atoms with E-state index in [-0.39, 0.29) is 34.3 Å². The van der Waals surface area contributed by atoms with Crippen LogP contribution in [0.1, 0.15) is 11.3 Å². The third-order valence-corrected chi connectivity index (χ3v) is 9.17. The lowest BCUT2D eigenvalue weighted by Gasteiger charge is -2.15. The molecule has 4 heterocycles. The predicted octanol–water partition coefficient (Wildman–Crippen LogP) is 6.22. The molecule has 7 aromatic rings. The summed E-state index contributed by atoms with van der Waals surface area (Å²) in [6, 6.07) is 22.0. The van der Waals surface area contributed by atoms with Gasteiger partial charge in [-0.3, -0.25) is 14.6 Å². The zero-order valence-corrected chi connectivity index (χ0v) is 27.3. The second-order valence-electron chi connectivity index (χ2n) is 11.1. The zero-order valence-electron chi connectivity index (χ0n) is 26.5. The molecule has 0 bridgehead atoms. The molecule has 0 fully saturated rings. The molecule has 17 heteroatoms. The molecule has 0 atom stereocenters. The molecule has 1 amide bonds. The van der Waals surface area contributed by atoms with Gasteiger partial charge in [0, 0.05) is 0 Å². The Hall–Kier alpha value is -6.75. The number of carbonyl (C=O) groups excluding carboxylic acids is 1. The first kappa shape index (κ1) is 32.8. The topological polar surface area (TPSA) is 192 Å². The highest BCUT2D eigenvalue weighted by molar-refractivity contribution is 7.92. The van der Waals surface area contributed by atoms with E-state index in [1.165, 1.54) is 25.4 Å². The van der Waals surface area contributed by atoms with E-state index in [9.17, 15) is 13.2 Å². The van der Waals surface area contributed by atoms with Crippen LogP contribution in [0, 0.1) is 18.6 Å². The molecular weight excluding hydrogens is 683 g/mol. The quantitative estimate of drug-likeness (QED) is 0.124. The van der Waals surface area contributed by atoms with Gasteiger partial charge in [-0.2, -0.15) is 0 Å². The van der Waals surface area contributed by atoms with Crippen molar-refractivity contribution in [1.29, 1.82) is 0 Å². The van der Waals surface area contributed by atoms with E-state index in [0.29, 0.717) is 28.1 Å². The Morgan fingerprint density at radius 3 is 2.53 bits per heavy atom. The normalized spacial score (nSPS) is 11.4. The van der Waals surface area contributed by atoms with E-state index < -0.39 is 39.1 Å². The number of aryl methyl sites for hydroxylation is 1. The van der Waals surface area contributed by atoms with E-state index >= 15 is 8.78 Å². The summed E-state index contributed by atoms with van der Waals surface area (Å²) < 4.78 is 66.8. The number of rotatable bonds is 9. The highest BCUT2D eigenvalue weighted by Gasteiger charge is 2.24. The number of para-hydroxylation sites is 1. The van der Waals surface area contributed by atoms with Gasteiger partial charge >= 0.3 is 6.09 Å². The lowest BCUT2D eigenvalue weighted by Crippen LogP contribution is -2.18. The summed E-state index contributed by atoms with van der Waals surface area (Å²) in [5.41, 5.74) is 7.85. The molecule has 0 radical (unpaired) electrons. The monoisotopic (exact) mass is 708 g/mol. The minimum absolute atomic E-state index is 0.00748. The molecule has 3 aromatic carbocycles. The second-order valence-corrected chi connectivity index (χ2v) is 12.7. The number of hydrogen-bond acceptors (Lipinski definition) is 11. The van der Waals surface area contributed by atoms with Gasteiger partial charge in [-0.05, 0) is 61.0 Å². The molecular formula is C34H26F2N10O4S. The van der Waals surface area contributed by atoms with Crippen molar-refractivity contribution >= 4 is 66.9 Å². The summed E-state index contributed by atoms with van der Waals surface area (Å²) in [7, 11) is -4.45. The van der Waals surface area contributed by atoms with Crippen LogP contribution in [0.25, 0.3) is 27.9 Å². The summed E-state index contributed by atoms with van der Waals surface area (Å²) in [6.07, 6.45) is 1.94. The van der Waals surface area contributed by atoms with Gasteiger partial charge in [-0.15, -0.1) is 0 Å². The number of pyridine rings is 2. The smallest absolute Gasteiger partial charge is 0.413 e. The lowest BCUT2D eigenvalue weighted by atomic mass is 10.2. The summed E-state index contributed by atoms with van der Waals surface area (Å²) in [4.78, 5) is 33.4. The standard InChI is InChI=1S/C34H26F2N10O4S/c1-19-26(13-14-27(41-19)42-34(47)50-16-20-6-3-2-4-7-20)51(48,49)45-23-11-10-21(35)30(29(23)36)44-33-32-24(38-17-39-33)12-15-28(43-32)46-18-40-31-22(37)8-5-9-25(31)46/h2-15,17-18,45H,16,37H2,1H3,(H,38,39,44)(H,41,42,47). The van der Waals surface area contributed by atoms with Crippen LogP contribution in [0.2, 0.25) is 0 Å². The Bertz CT molecular complexity index is 2570. The zero-order chi connectivity index (χ0) is 35.7. The number of ether oxygens (including phenoxy) is 1. The molecule has 0 saturated carbocycles. The van der Waals surface area contributed by atoms with Gasteiger partial charge < -0.3 is 15.8 Å². The summed E-state index contributed by atoms with van der Waals surface area (Å²) in [6.45, 7) is 1.41. The van der Waals surface area contributed by atoms with Crippen molar-refractivity contribution in [3.8, 4) is 5.82 Å². The molecule has 0 aliphatic heterocycles. The van der Waals surface area contributed by atoms with Crippen LogP contribution in [-0.4, -0.2) is 44.0 Å². The number of nitrogens with zero attached hydrogens (tertiary/aromatic N) is 6. The Morgan fingerprint density at radius 2 is 1.73 bits per heavy atom. The third kappa shape index (κ3) is 6.64. The fourth-order valence-electron chi connectivity index (χ4n) is 5.23. The van der Waals surface area contributed by atoms with Crippen molar-refractivity contribution < 1.29 is 26.7 Å². The van der Waals surface area contributed by atoms with Crippen molar-refractivity contribution in [3.63, 3.8) is 0 Å². The van der Waals surface area contributed by atoms with Crippen LogP contribution in [0.4, 0.5) is 42.3 Å². The van der Waals surface area contributed by atoms with Crippen molar-refractivity contribution in [3.05, 3.63) is 120 Å². The molecule has 0 saturated heterocycles. The molecule has 5 N–H and O–H groups in total. The molecule has 7 rings (SSSR count). The highest BCUT2D eigenvalue weighted by Crippen LogP contribution is 2.32. The van der Waals surface area contributed by atoms with Crippen molar-refractivity contribution in [2.75, 3.05) is 21.1 Å². The van der Waals surface area contributed by atoms with Crippen molar-refractivity contribution in [2.45, 2.75) is 18.4 Å². The Morgan fingerprint density at radius 1 is 0.902 bits per heavy atom. The number of fused-ring (bicyclic) bond motifs is 2. The van der Waals surface area contributed by atoms with Crippen LogP contribution < -0.4 is 21.1 Å². The maximum atomic E-state index is 15.9. The second kappa shape index (κ2) is 13.3. The number of imidazole rings is 1. The SMILES string of the molecule is Cc1nc(NC(=O)OCc2ccccc2)ccc1S(=O)(=O)Nc1ccc(F)c(Nc2ncnc3ccc(-n4cnc5c(N)cccc54)nc23)c1F. The molecule has 14 nitrogen and oxygen atoms in total. The minimum Gasteiger partial charge on any atom is -0.444 e. The molecule has 0 spiro atoms. The van der Waals surface area contributed by atoms with Gasteiger partial charge in [-0.25, -0.2) is 46.9 Å². The fourth-order valence-corrected chi connectivity index (χ4v) is 6.47. The van der Waals surface area contributed by atoms with Crippen LogP contribution in [0.5, 0.6) is 0 Å². The Balaban J connectivity index is 1.12. The van der Waals surface area contributed by atoms with Gasteiger partial charge in [0.25, 0.3) is 10.0 Å². The van der Waals surface area contributed by atoms with Crippen LogP contribution in [0.3, 0.4) is 0 Å². The van der Waals surface area contributed by atoms with Gasteiger partial charge in [-0.1, -0.05) is 36.4 Å². The maximum absolute atomic E-state index is 15.9. The maximum Gasteiger partial charge on any atom is 0.413 e. The number of aromatic nitrogens is 6. The first-order valence-electron chi connectivity index (χ1n) is 15.1. The van der Waals surface area contributed by atoms with Crippen LogP contribution in [-0.2, 0) is 21.4 Å². The van der Waals surface area contributed by atoms with E-state index in [0.717, 1.165) is 17.7 Å². The average Bonchev–Trinajstić information content (AvgIpc) is 3.56. The minimum atomic E-state index is -4.45. The molecule has 4 aromatic heterocycles. The van der Waals surface area contributed by atoms with Crippen LogP contribution in [0.15, 0.2) is 102 Å². The lowest BCUT2D eigenvalue weighted by molar-refractivity contribution is 0.155. The van der Waals surface area contributed by atoms with Gasteiger partial charge in [0.2, 0.25) is 0 Å². The first-order valence-corrected chi connectivity index (χ1v) is 16.6. The number of sulfonamides is 1. The molecule has 51 heavy (non-hydrogen) atoms. The van der Waals surface area contributed by atoms with Gasteiger partial charge in [0.05, 0.1) is 28.1 Å². The number of hydrogen-bond donors (Lipinski definition) is 4. The summed E-state index contributed by atoms with van der Waals surface area (Å²) in [5, 5.41) is 5.06. The van der Waals surface area contributed by atoms with Gasteiger partial charge in [0.15, 0.2) is 11.6 Å². The number of nitrogen functional groups attached to an aromatic ring is 1. The van der Waals surface area contributed by atoms with Crippen molar-refractivity contribution in [1.82, 2.24) is 29.5 Å². The molecule has 0 unspecified atom stereocenters. The average molecular weight is 709 g/mol. The van der Waals surface area contributed by atoms with Crippen molar-refractivity contribution in [2.24, 2.45) is 0 Å². The number of nitrogens with one attached hydrogen (secondary N) is 3. The van der Waals surface area contributed by atoms with Crippen LogP contribution >= 0.6 is 0 Å². The first-order chi connectivity index (χ1) is 24.6. The number of anilines is 5. The van der Waals surface area contributed by atoms with E-state index in [4.69, 9.17) is 10.5 Å². The van der Waals surface area contributed by atoms with E-state index in [2.05, 4.69) is 40.3 Å². The van der Waals surface area contributed by atoms with Gasteiger partial charge in [0.1, 0.15) is 58.3 Å². The Labute approximate surface area is 288 Å². The van der Waals surface area contributed by atoms with E-state index in [1.807, 2.05) is 12.1 Å². The molecule has 256 valence electrons. The number of halogens is 2. The van der Waals surface area contributed by atoms with E-state index in [1.54, 1.807) is 59.4 Å². The largest absolute Gasteiger partial charge is 0.444 e. The molecule has 0 aliphatic rings. The number of amides is 1. The fraction of sp³-hybridized carbons (Fsp3) is 0.0588. The number of nitrogens with two attached hydrogens (primary N) is 1.